The number of esters is 1. The van der Waals surface area contributed by atoms with Crippen molar-refractivity contribution in [3.05, 3.63) is 29.3 Å². The van der Waals surface area contributed by atoms with Crippen LogP contribution >= 0.6 is 23.4 Å². The molecule has 0 unspecified atom stereocenters. The Bertz CT molecular complexity index is 814. The fourth-order valence-electron chi connectivity index (χ4n) is 2.34. The van der Waals surface area contributed by atoms with Crippen LogP contribution in [0.4, 0.5) is 0 Å². The summed E-state index contributed by atoms with van der Waals surface area (Å²) in [6.07, 6.45) is 0.728. The Kier molecular flexibility index (Phi) is 7.49. The van der Waals surface area contributed by atoms with E-state index in [0.717, 1.165) is 18.2 Å². The maximum Gasteiger partial charge on any atom is 0.328 e. The third-order valence-corrected chi connectivity index (χ3v) is 5.37. The monoisotopic (exact) mass is 411 g/mol. The number of carbonyl (C=O) groups is 2. The molecule has 1 aromatic heterocycles. The van der Waals surface area contributed by atoms with Gasteiger partial charge in [-0.25, -0.2) is 9.47 Å². The molecule has 0 saturated carbocycles. The number of nitrogens with two attached hydrogens (primary N) is 1. The lowest BCUT2D eigenvalue weighted by atomic mass is 9.99. The summed E-state index contributed by atoms with van der Waals surface area (Å²) >= 11 is 7.27. The Morgan fingerprint density at radius 3 is 2.70 bits per heavy atom. The fourth-order valence-corrected chi connectivity index (χ4v) is 3.23. The van der Waals surface area contributed by atoms with E-state index in [9.17, 15) is 9.59 Å². The van der Waals surface area contributed by atoms with Gasteiger partial charge >= 0.3 is 5.97 Å². The van der Waals surface area contributed by atoms with Crippen LogP contribution < -0.4 is 11.2 Å². The van der Waals surface area contributed by atoms with Gasteiger partial charge in [-0.05, 0) is 18.1 Å². The van der Waals surface area contributed by atoms with Gasteiger partial charge in [-0.3, -0.25) is 4.79 Å². The van der Waals surface area contributed by atoms with E-state index < -0.39 is 12.0 Å². The second-order valence-corrected chi connectivity index (χ2v) is 7.25. The molecule has 0 aliphatic carbocycles. The molecule has 8 nitrogen and oxygen atoms in total. The normalized spacial score (nSPS) is 13.0. The van der Waals surface area contributed by atoms with Crippen LogP contribution in [-0.4, -0.2) is 45.7 Å². The second kappa shape index (κ2) is 9.61. The molecule has 0 aliphatic heterocycles. The van der Waals surface area contributed by atoms with E-state index in [2.05, 4.69) is 15.5 Å². The molecule has 3 N–H and O–H groups in total. The van der Waals surface area contributed by atoms with Gasteiger partial charge in [0, 0.05) is 5.56 Å². The highest BCUT2D eigenvalue weighted by molar-refractivity contribution is 7.99. The minimum absolute atomic E-state index is 0.0295. The topological polar surface area (TPSA) is 112 Å². The van der Waals surface area contributed by atoms with Crippen LogP contribution in [0, 0.1) is 5.92 Å². The first kappa shape index (κ1) is 21.0. The number of amides is 1. The van der Waals surface area contributed by atoms with E-state index >= 15 is 0 Å². The van der Waals surface area contributed by atoms with Crippen molar-refractivity contribution >= 4 is 35.2 Å². The smallest absolute Gasteiger partial charge is 0.328 e. The summed E-state index contributed by atoms with van der Waals surface area (Å²) < 4.78 is 6.05. The molecule has 10 heteroatoms. The zero-order valence-corrected chi connectivity index (χ0v) is 16.9. The highest BCUT2D eigenvalue weighted by atomic mass is 35.5. The molecule has 27 heavy (non-hydrogen) atoms. The largest absolute Gasteiger partial charge is 0.467 e. The third-order valence-electron chi connectivity index (χ3n) is 4.10. The van der Waals surface area contributed by atoms with Gasteiger partial charge in [0.25, 0.3) is 0 Å². The predicted molar refractivity (Wildman–Crippen MR) is 105 cm³/mol. The SMILES string of the molecule is CC[C@H](C)[C@H](NC(=O)CSc1nnc(-c2ccccc2Cl)n1N)C(=O)OC. The Balaban J connectivity index is 2.03. The van der Waals surface area contributed by atoms with E-state index in [1.165, 1.54) is 11.8 Å². The van der Waals surface area contributed by atoms with E-state index in [1.807, 2.05) is 19.9 Å². The van der Waals surface area contributed by atoms with Crippen LogP contribution in [-0.2, 0) is 14.3 Å². The van der Waals surface area contributed by atoms with E-state index in [4.69, 9.17) is 22.2 Å². The van der Waals surface area contributed by atoms with Crippen LogP contribution in [0.1, 0.15) is 20.3 Å². The average molecular weight is 412 g/mol. The summed E-state index contributed by atoms with van der Waals surface area (Å²) in [5.41, 5.74) is 0.646. The van der Waals surface area contributed by atoms with Crippen LogP contribution in [0.2, 0.25) is 5.02 Å². The first-order valence-electron chi connectivity index (χ1n) is 8.34. The van der Waals surface area contributed by atoms with Crippen molar-refractivity contribution in [2.75, 3.05) is 18.7 Å². The molecule has 2 rings (SSSR count). The van der Waals surface area contributed by atoms with Gasteiger partial charge in [0.1, 0.15) is 6.04 Å². The number of ether oxygens (including phenoxy) is 1. The van der Waals surface area contributed by atoms with Gasteiger partial charge in [-0.2, -0.15) is 0 Å². The van der Waals surface area contributed by atoms with Gasteiger partial charge in [0.05, 0.1) is 17.9 Å². The number of aromatic nitrogens is 3. The zero-order chi connectivity index (χ0) is 20.0. The number of nitrogens with zero attached hydrogens (tertiary/aromatic N) is 3. The minimum atomic E-state index is -0.692. The molecule has 0 fully saturated rings. The van der Waals surface area contributed by atoms with Gasteiger partial charge in [0.15, 0.2) is 5.82 Å². The molecule has 0 bridgehead atoms. The number of hydrogen-bond acceptors (Lipinski definition) is 7. The number of halogens is 1. The highest BCUT2D eigenvalue weighted by Gasteiger charge is 2.27. The summed E-state index contributed by atoms with van der Waals surface area (Å²) in [4.78, 5) is 24.1. The molecule has 2 atom stereocenters. The molecule has 146 valence electrons. The molecule has 0 spiro atoms. The van der Waals surface area contributed by atoms with Crippen LogP contribution in [0.5, 0.6) is 0 Å². The number of benzene rings is 1. The van der Waals surface area contributed by atoms with Crippen molar-refractivity contribution in [1.82, 2.24) is 20.2 Å². The number of nitrogen functional groups attached to an aromatic ring is 1. The van der Waals surface area contributed by atoms with Gasteiger partial charge in [-0.1, -0.05) is 55.8 Å². The molecular formula is C17H22ClN5O3S. The number of thioether (sulfide) groups is 1. The lowest BCUT2D eigenvalue weighted by molar-refractivity contribution is -0.146. The number of carbonyl (C=O) groups excluding carboxylic acids is 2. The molecular weight excluding hydrogens is 390 g/mol. The molecule has 1 aromatic carbocycles. The summed E-state index contributed by atoms with van der Waals surface area (Å²) in [7, 11) is 1.30. The molecule has 0 radical (unpaired) electrons. The quantitative estimate of drug-likeness (QED) is 0.388. The van der Waals surface area contributed by atoms with E-state index in [1.54, 1.807) is 18.2 Å². The van der Waals surface area contributed by atoms with Crippen molar-refractivity contribution in [3.63, 3.8) is 0 Å². The average Bonchev–Trinajstić information content (AvgIpc) is 3.04. The molecule has 0 aliphatic rings. The molecule has 2 aromatic rings. The van der Waals surface area contributed by atoms with Gasteiger partial charge in [0.2, 0.25) is 11.1 Å². The van der Waals surface area contributed by atoms with Gasteiger partial charge < -0.3 is 15.9 Å². The van der Waals surface area contributed by atoms with Crippen molar-refractivity contribution in [1.29, 1.82) is 0 Å². The maximum absolute atomic E-state index is 12.3. The summed E-state index contributed by atoms with van der Waals surface area (Å²) in [5, 5.41) is 11.6. The summed E-state index contributed by atoms with van der Waals surface area (Å²) in [6.45, 7) is 3.82. The lowest BCUT2D eigenvalue weighted by Gasteiger charge is -2.21. The lowest BCUT2D eigenvalue weighted by Crippen LogP contribution is -2.46. The van der Waals surface area contributed by atoms with E-state index in [0.29, 0.717) is 21.6 Å². The third kappa shape index (κ3) is 5.14. The van der Waals surface area contributed by atoms with Crippen molar-refractivity contribution in [3.8, 4) is 11.4 Å². The molecule has 1 amide bonds. The molecule has 1 heterocycles. The number of methoxy groups -OCH3 is 1. The highest BCUT2D eigenvalue weighted by Crippen LogP contribution is 2.27. The van der Waals surface area contributed by atoms with Crippen LogP contribution in [0.3, 0.4) is 0 Å². The van der Waals surface area contributed by atoms with Crippen molar-refractivity contribution < 1.29 is 14.3 Å². The van der Waals surface area contributed by atoms with Crippen LogP contribution in [0.25, 0.3) is 11.4 Å². The Morgan fingerprint density at radius 2 is 2.07 bits per heavy atom. The number of rotatable bonds is 8. The van der Waals surface area contributed by atoms with E-state index in [-0.39, 0.29) is 17.6 Å². The zero-order valence-electron chi connectivity index (χ0n) is 15.3. The number of nitrogens with one attached hydrogen (secondary N) is 1. The summed E-state index contributed by atoms with van der Waals surface area (Å²) in [5.74, 6) is 5.63. The Labute approximate surface area is 166 Å². The van der Waals surface area contributed by atoms with Gasteiger partial charge in [-0.15, -0.1) is 10.2 Å². The van der Waals surface area contributed by atoms with Crippen molar-refractivity contribution in [2.24, 2.45) is 5.92 Å². The maximum atomic E-state index is 12.3. The predicted octanol–water partition coefficient (Wildman–Crippen LogP) is 2.11. The Hall–Kier alpha value is -2.26. The Morgan fingerprint density at radius 1 is 1.37 bits per heavy atom. The fraction of sp³-hybridized carbons (Fsp3) is 0.412. The van der Waals surface area contributed by atoms with Crippen LogP contribution in [0.15, 0.2) is 29.4 Å². The summed E-state index contributed by atoms with van der Waals surface area (Å²) in [6, 6.07) is 6.44. The number of hydrogen-bond donors (Lipinski definition) is 2. The standard InChI is InChI=1S/C17H22ClN5O3S/c1-4-10(2)14(16(25)26-3)20-13(24)9-27-17-22-21-15(23(17)19)11-7-5-6-8-12(11)18/h5-8,10,14H,4,9,19H2,1-3H3,(H,20,24)/t10-,14-/m0/s1. The van der Waals surface area contributed by atoms with Crippen molar-refractivity contribution in [2.45, 2.75) is 31.5 Å². The minimum Gasteiger partial charge on any atom is -0.467 e. The first-order chi connectivity index (χ1) is 12.9. The first-order valence-corrected chi connectivity index (χ1v) is 9.70. The second-order valence-electron chi connectivity index (χ2n) is 5.90. The molecule has 0 saturated heterocycles.